The molecule has 2 atom stereocenters. The molecule has 3 heterocycles. The van der Waals surface area contributed by atoms with Crippen LogP contribution in [0.4, 0.5) is 11.5 Å². The zero-order chi connectivity index (χ0) is 25.4. The number of aryl methyl sites for hydroxylation is 1. The first-order chi connectivity index (χ1) is 18.1. The maximum absolute atomic E-state index is 13.5. The Kier molecular flexibility index (Phi) is 6.59. The number of hydrogen-bond acceptors (Lipinski definition) is 5. The molecule has 2 aromatic carbocycles. The molecule has 4 aromatic rings. The molecule has 3 N–H and O–H groups in total. The van der Waals surface area contributed by atoms with E-state index >= 15 is 0 Å². The second kappa shape index (κ2) is 10.2. The highest BCUT2D eigenvalue weighted by molar-refractivity contribution is 9.10. The number of nitrogens with two attached hydrogens (primary N) is 1. The van der Waals surface area contributed by atoms with Crippen LogP contribution in [0.2, 0.25) is 0 Å². The number of nitrogens with one attached hydrogen (secondary N) is 1. The number of hydrogen-bond donors (Lipinski definition) is 2. The molecule has 1 saturated heterocycles. The van der Waals surface area contributed by atoms with E-state index < -0.39 is 0 Å². The number of carbonyl (C=O) groups excluding carboxylic acids is 1. The van der Waals surface area contributed by atoms with Gasteiger partial charge in [0.15, 0.2) is 5.65 Å². The lowest BCUT2D eigenvalue weighted by atomic mass is 9.82. The third-order valence-corrected chi connectivity index (χ3v) is 8.32. The largest absolute Gasteiger partial charge is 0.398 e. The number of amides is 1. The van der Waals surface area contributed by atoms with Gasteiger partial charge in [0.1, 0.15) is 5.82 Å². The minimum atomic E-state index is 0.0988. The van der Waals surface area contributed by atoms with Crippen LogP contribution in [0.1, 0.15) is 30.4 Å². The van der Waals surface area contributed by atoms with Crippen LogP contribution in [0.3, 0.4) is 0 Å². The van der Waals surface area contributed by atoms with Gasteiger partial charge in [0, 0.05) is 42.9 Å². The van der Waals surface area contributed by atoms with E-state index in [1.54, 1.807) is 6.20 Å². The van der Waals surface area contributed by atoms with Crippen LogP contribution in [0.5, 0.6) is 0 Å². The second-order valence-electron chi connectivity index (χ2n) is 10.2. The Labute approximate surface area is 225 Å². The molecule has 6 rings (SSSR count). The van der Waals surface area contributed by atoms with Gasteiger partial charge in [-0.25, -0.2) is 4.98 Å². The number of halogens is 1. The maximum atomic E-state index is 13.5. The molecule has 0 saturated carbocycles. The third-order valence-electron chi connectivity index (χ3n) is 7.76. The smallest absolute Gasteiger partial charge is 0.226 e. The van der Waals surface area contributed by atoms with Gasteiger partial charge in [0.2, 0.25) is 5.91 Å². The van der Waals surface area contributed by atoms with Crippen LogP contribution in [0.25, 0.3) is 16.9 Å². The fourth-order valence-electron chi connectivity index (χ4n) is 5.78. The number of rotatable bonds is 5. The Hall–Kier alpha value is -3.39. The number of para-hydroxylation sites is 1. The van der Waals surface area contributed by atoms with Crippen LogP contribution in [0, 0.1) is 11.8 Å². The lowest BCUT2D eigenvalue weighted by Crippen LogP contribution is -2.45. The van der Waals surface area contributed by atoms with Crippen LogP contribution < -0.4 is 11.1 Å². The SMILES string of the molecule is Nc1ccccc1-c1cc(NCC2CCCN(C(=O)C3CCc4ccccc4C3)C2)n2ncc(Br)c2n1. The fourth-order valence-corrected chi connectivity index (χ4v) is 6.13. The first-order valence-electron chi connectivity index (χ1n) is 13.1. The van der Waals surface area contributed by atoms with Gasteiger partial charge in [-0.3, -0.25) is 4.79 Å². The summed E-state index contributed by atoms with van der Waals surface area (Å²) >= 11 is 3.58. The van der Waals surface area contributed by atoms with Crippen molar-refractivity contribution in [3.05, 3.63) is 76.4 Å². The number of piperidine rings is 1. The summed E-state index contributed by atoms with van der Waals surface area (Å²) in [6.45, 7) is 2.41. The van der Waals surface area contributed by atoms with Gasteiger partial charge in [0.05, 0.1) is 16.4 Å². The second-order valence-corrected chi connectivity index (χ2v) is 11.1. The van der Waals surface area contributed by atoms with E-state index in [9.17, 15) is 4.79 Å². The van der Waals surface area contributed by atoms with E-state index in [2.05, 4.69) is 55.5 Å². The summed E-state index contributed by atoms with van der Waals surface area (Å²) in [6.07, 6.45) is 6.70. The van der Waals surface area contributed by atoms with E-state index in [4.69, 9.17) is 10.7 Å². The van der Waals surface area contributed by atoms with Crippen LogP contribution in [-0.2, 0) is 17.6 Å². The highest BCUT2D eigenvalue weighted by Gasteiger charge is 2.31. The van der Waals surface area contributed by atoms with Crippen molar-refractivity contribution in [2.75, 3.05) is 30.7 Å². The molecule has 0 bridgehead atoms. The molecule has 190 valence electrons. The zero-order valence-electron chi connectivity index (χ0n) is 20.7. The van der Waals surface area contributed by atoms with Gasteiger partial charge >= 0.3 is 0 Å². The van der Waals surface area contributed by atoms with E-state index in [1.165, 1.54) is 11.1 Å². The number of nitrogen functional groups attached to an aromatic ring is 1. The van der Waals surface area contributed by atoms with Crippen molar-refractivity contribution in [3.63, 3.8) is 0 Å². The standard InChI is InChI=1S/C29H31BrN6O/c30-24-17-33-36-27(15-26(34-28(24)36)23-9-3-4-10-25(23)31)32-16-19-6-5-13-35(18-19)29(37)22-12-11-20-7-1-2-8-21(20)14-22/h1-4,7-10,15,17,19,22,32H,5-6,11-14,16,18,31H2. The first kappa shape index (κ1) is 24.0. The van der Waals surface area contributed by atoms with Crippen molar-refractivity contribution in [2.24, 2.45) is 11.8 Å². The lowest BCUT2D eigenvalue weighted by molar-refractivity contribution is -0.137. The van der Waals surface area contributed by atoms with Crippen LogP contribution in [-0.4, -0.2) is 45.0 Å². The Morgan fingerprint density at radius 2 is 1.92 bits per heavy atom. The van der Waals surface area contributed by atoms with Crippen molar-refractivity contribution >= 4 is 39.0 Å². The molecule has 7 nitrogen and oxygen atoms in total. The minimum Gasteiger partial charge on any atom is -0.398 e. The van der Waals surface area contributed by atoms with Gasteiger partial charge in [0.25, 0.3) is 0 Å². The average molecular weight is 560 g/mol. The molecular formula is C29H31BrN6O. The van der Waals surface area contributed by atoms with E-state index in [-0.39, 0.29) is 5.92 Å². The summed E-state index contributed by atoms with van der Waals surface area (Å²) in [5.74, 6) is 1.66. The monoisotopic (exact) mass is 558 g/mol. The molecule has 1 fully saturated rings. The molecular weight excluding hydrogens is 528 g/mol. The van der Waals surface area contributed by atoms with E-state index in [1.807, 2.05) is 34.8 Å². The minimum absolute atomic E-state index is 0.0988. The van der Waals surface area contributed by atoms with E-state index in [0.29, 0.717) is 17.5 Å². The number of carbonyl (C=O) groups is 1. The highest BCUT2D eigenvalue weighted by atomic mass is 79.9. The normalized spacial score (nSPS) is 19.5. The average Bonchev–Trinajstić information content (AvgIpc) is 3.32. The number of aromatic nitrogens is 3. The molecule has 2 unspecified atom stereocenters. The van der Waals surface area contributed by atoms with Gasteiger partial charge in [-0.05, 0) is 71.1 Å². The molecule has 1 aliphatic carbocycles. The van der Waals surface area contributed by atoms with Crippen molar-refractivity contribution in [1.82, 2.24) is 19.5 Å². The lowest BCUT2D eigenvalue weighted by Gasteiger charge is -2.36. The Morgan fingerprint density at radius 1 is 1.11 bits per heavy atom. The summed E-state index contributed by atoms with van der Waals surface area (Å²) in [6, 6.07) is 18.3. The highest BCUT2D eigenvalue weighted by Crippen LogP contribution is 2.31. The summed E-state index contributed by atoms with van der Waals surface area (Å²) in [5.41, 5.74) is 12.1. The number of nitrogens with zero attached hydrogens (tertiary/aromatic N) is 4. The fraction of sp³-hybridized carbons (Fsp3) is 0.345. The maximum Gasteiger partial charge on any atom is 0.226 e. The Bertz CT molecular complexity index is 1450. The van der Waals surface area contributed by atoms with Crippen LogP contribution >= 0.6 is 15.9 Å². The first-order valence-corrected chi connectivity index (χ1v) is 13.8. The van der Waals surface area contributed by atoms with E-state index in [0.717, 1.165) is 78.9 Å². The van der Waals surface area contributed by atoms with Gasteiger partial charge in [-0.2, -0.15) is 9.61 Å². The number of likely N-dealkylation sites (tertiary alicyclic amines) is 1. The number of fused-ring (bicyclic) bond motifs is 2. The molecule has 2 aromatic heterocycles. The molecule has 1 amide bonds. The zero-order valence-corrected chi connectivity index (χ0v) is 22.3. The van der Waals surface area contributed by atoms with Crippen molar-refractivity contribution in [1.29, 1.82) is 0 Å². The Morgan fingerprint density at radius 3 is 2.78 bits per heavy atom. The van der Waals surface area contributed by atoms with Gasteiger partial charge < -0.3 is 16.0 Å². The summed E-state index contributed by atoms with van der Waals surface area (Å²) in [5, 5.41) is 8.12. The molecule has 37 heavy (non-hydrogen) atoms. The van der Waals surface area contributed by atoms with Crippen molar-refractivity contribution in [3.8, 4) is 11.3 Å². The Balaban J connectivity index is 1.16. The molecule has 0 spiro atoms. The molecule has 8 heteroatoms. The predicted octanol–water partition coefficient (Wildman–Crippen LogP) is 5.20. The van der Waals surface area contributed by atoms with Crippen molar-refractivity contribution < 1.29 is 4.79 Å². The summed E-state index contributed by atoms with van der Waals surface area (Å²) in [7, 11) is 0. The quantitative estimate of drug-likeness (QED) is 0.329. The molecule has 2 aliphatic rings. The summed E-state index contributed by atoms with van der Waals surface area (Å²) < 4.78 is 2.65. The molecule has 1 aliphatic heterocycles. The third kappa shape index (κ3) is 4.82. The number of benzene rings is 2. The van der Waals surface area contributed by atoms with Crippen molar-refractivity contribution in [2.45, 2.75) is 32.1 Å². The topological polar surface area (TPSA) is 88.5 Å². The van der Waals surface area contributed by atoms with Gasteiger partial charge in [-0.1, -0.05) is 42.5 Å². The molecule has 0 radical (unpaired) electrons. The summed E-state index contributed by atoms with van der Waals surface area (Å²) in [4.78, 5) is 20.4. The van der Waals surface area contributed by atoms with Crippen LogP contribution in [0.15, 0.2) is 65.3 Å². The number of anilines is 2. The van der Waals surface area contributed by atoms with Gasteiger partial charge in [-0.15, -0.1) is 0 Å². The predicted molar refractivity (Wildman–Crippen MR) is 150 cm³/mol.